The molecule has 5 aliphatic heterocycles. The maximum atomic E-state index is 12.3. The molecule has 0 radical (unpaired) electrons. The topological polar surface area (TPSA) is 464 Å². The summed E-state index contributed by atoms with van der Waals surface area (Å²) in [4.78, 5) is 106. The van der Waals surface area contributed by atoms with Gasteiger partial charge in [-0.2, -0.15) is 0 Å². The van der Waals surface area contributed by atoms with Crippen LogP contribution in [0.4, 0.5) is 17.1 Å². The van der Waals surface area contributed by atoms with Crippen LogP contribution in [0.5, 0.6) is 46.4 Å². The first-order valence-electron chi connectivity index (χ1n) is 31.1. The fraction of sp³-hybridized carbons (Fsp3) is 0.197. The van der Waals surface area contributed by atoms with Crippen LogP contribution in [0.3, 0.4) is 0 Å². The van der Waals surface area contributed by atoms with E-state index in [-0.39, 0.29) is 224 Å². The third-order valence-corrected chi connectivity index (χ3v) is 14.6. The standard InChI is InChI=1S/C18H15N3O2.C17H13N3O3.C15H11N3O2.C10H11NO2.C9H9NO2.CH2O3.CH4.BBr3.IO4.2K.2Na.4O.Os.2H/c1-3-9-21-10-8-13-11-15(5-6-16(13)18(21)22)23-17-7-4-14(19-2)12-20-17;1-18-13-2-5-16(19-11-13)23-14-3-4-15-12(10-14)6-7-20(8-9-21)17(15)22;1-16-11-2-5-14(18-9-11)20-12-3-4-13-10(8-12)6-7-17-15(13)19;1-13-8-2-3-9-7(6-8)4-5-11-10(9)12;11-7-1-2-8-6(5-7)3-4-10-9(8)12;2-1-4-3;;2-1(3)4;2-1(3,4)5;;;;;;;;;;;/h3-7,11-12H,1,8-10H2;2-5,9-11H,6-8H2;2-5,8-9H,6-7H2,(H,17,19);2-3,6H,4-5H2,1H3,(H,11,12);1-2,5,11H,3-4H2,(H,10,12);1,3H;1H4;;;;;;;;;;;;;/q;;;;;;;;-1;4*+1;;;;;;2*-1/p-1. The van der Waals surface area contributed by atoms with Crippen LogP contribution in [0.1, 0.15) is 89.9 Å². The molecule has 5 amide bonds. The molecular formula is C71H66BBr3IK2N11Na2O22Os. The Balaban J connectivity index is -0.00000130. The van der Waals surface area contributed by atoms with Crippen molar-refractivity contribution in [1.29, 1.82) is 0 Å². The van der Waals surface area contributed by atoms with Crippen LogP contribution in [-0.4, -0.2) is 128 Å². The van der Waals surface area contributed by atoms with Crippen molar-refractivity contribution in [3.05, 3.63) is 249 Å². The molecule has 0 aliphatic carbocycles. The number of pyridine rings is 3. The van der Waals surface area contributed by atoms with Crippen molar-refractivity contribution >= 4 is 110 Å². The second-order valence-electron chi connectivity index (χ2n) is 21.7. The number of phenolic OH excluding ortho intramolecular Hbond substituents is 1. The zero-order chi connectivity index (χ0) is 80.2. The van der Waals surface area contributed by atoms with E-state index >= 15 is 0 Å². The van der Waals surface area contributed by atoms with Gasteiger partial charge in [0.1, 0.15) is 55.1 Å². The number of amides is 5. The molecule has 43 heteroatoms. The van der Waals surface area contributed by atoms with Crippen LogP contribution in [0.25, 0.3) is 14.5 Å². The Bertz CT molecular complexity index is 4800. The van der Waals surface area contributed by atoms with Crippen molar-refractivity contribution in [2.45, 2.75) is 39.5 Å². The molecule has 5 aromatic carbocycles. The average molecular weight is 2120 g/mol. The normalized spacial score (nSPS) is 12.3. The van der Waals surface area contributed by atoms with Crippen LogP contribution in [0, 0.1) is 19.7 Å². The van der Waals surface area contributed by atoms with Crippen molar-refractivity contribution in [2.24, 2.45) is 0 Å². The Hall–Kier alpha value is -5.61. The Kier molecular flexibility index (Phi) is 53.9. The van der Waals surface area contributed by atoms with Crippen molar-refractivity contribution in [3.63, 3.8) is 0 Å². The second-order valence-corrected chi connectivity index (χ2v) is 32.8. The first-order chi connectivity index (χ1) is 51.9. The third kappa shape index (κ3) is 39.8. The molecule has 0 fully saturated rings. The van der Waals surface area contributed by atoms with Gasteiger partial charge in [-0.1, -0.05) is 13.5 Å². The molecule has 0 spiro atoms. The van der Waals surface area contributed by atoms with E-state index in [1.54, 1.807) is 103 Å². The van der Waals surface area contributed by atoms with Crippen molar-refractivity contribution in [2.75, 3.05) is 52.9 Å². The molecule has 4 N–H and O–H groups in total. The number of methoxy groups -OCH3 is 1. The zero-order valence-electron chi connectivity index (χ0n) is 62.8. The molecule has 8 heterocycles. The summed E-state index contributed by atoms with van der Waals surface area (Å²) in [7, 11) is 1.63. The number of aromatic nitrogens is 3. The average Bonchev–Trinajstić information content (AvgIpc) is 0.815. The number of hydrogen-bond acceptors (Lipinski definition) is 25. The SMILES string of the molecule is BrB(Br)Br.C.COc1ccc2c(c1)CCNC2=O.O=C1NCCc2cc(O)ccc21.O=CO[O-].[C-]#[N+]c1ccc(Oc2ccc3c(c2)CCN(CC=C)C3=O)nc1.[C-]#[N+]c1ccc(Oc2ccc3c(c2)CCN(CC=O)C3=O)nc1.[C-]#[N+]c1ccc(Oc2ccc3c(c2)CCNC3=O)nc1.[H-].[H-].[K+].[K+].[Na+].[Na+].[O-][I+3]([O-])([O-])[O-].[O]=[Os](=[O])(=[O])=[O]. The van der Waals surface area contributed by atoms with Crippen molar-refractivity contribution in [1.82, 2.24) is 40.7 Å². The van der Waals surface area contributed by atoms with Crippen molar-refractivity contribution in [3.8, 4) is 46.4 Å². The number of phenols is 1. The van der Waals surface area contributed by atoms with Crippen LogP contribution in [-0.2, 0) is 75.6 Å². The molecule has 114 heavy (non-hydrogen) atoms. The number of hydrogen-bond donors (Lipinski definition) is 4. The number of benzene rings is 5. The summed E-state index contributed by atoms with van der Waals surface area (Å²) in [6.07, 6.45) is 10.8. The third-order valence-electron chi connectivity index (χ3n) is 14.6. The molecule has 0 atom stereocenters. The van der Waals surface area contributed by atoms with Gasteiger partial charge in [-0.05, 0) is 187 Å². The number of aldehydes is 1. The first-order valence-corrected chi connectivity index (χ1v) is 41.6. The molecule has 0 bridgehead atoms. The summed E-state index contributed by atoms with van der Waals surface area (Å²) in [5.74, 6) is 3.96. The summed E-state index contributed by atoms with van der Waals surface area (Å²) < 4.78 is 91.3. The van der Waals surface area contributed by atoms with Crippen LogP contribution in [0.15, 0.2) is 159 Å². The Labute approximate surface area is 821 Å². The fourth-order valence-corrected chi connectivity index (χ4v) is 10.0. The van der Waals surface area contributed by atoms with E-state index in [0.29, 0.717) is 113 Å². The van der Waals surface area contributed by atoms with Crippen LogP contribution < -0.4 is 236 Å². The maximum absolute atomic E-state index is 12.3. The quantitative estimate of drug-likeness (QED) is 0.0168. The van der Waals surface area contributed by atoms with E-state index < -0.39 is 34.9 Å². The fourth-order valence-electron chi connectivity index (χ4n) is 10.0. The minimum atomic E-state index is -6.06. The van der Waals surface area contributed by atoms with Gasteiger partial charge in [-0.3, -0.25) is 42.5 Å². The van der Waals surface area contributed by atoms with Gasteiger partial charge in [0.25, 0.3) is 36.0 Å². The van der Waals surface area contributed by atoms with E-state index in [1.807, 2.05) is 36.4 Å². The predicted octanol–water partition coefficient (Wildman–Crippen LogP) is -8.16. The van der Waals surface area contributed by atoms with E-state index in [2.05, 4.69) is 104 Å². The van der Waals surface area contributed by atoms with Gasteiger partial charge in [0.05, 0.1) is 33.4 Å². The molecule has 5 aliphatic rings. The van der Waals surface area contributed by atoms with Crippen LogP contribution >= 0.6 is 47.3 Å². The van der Waals surface area contributed by atoms with Gasteiger partial charge in [0, 0.05) is 85.7 Å². The van der Waals surface area contributed by atoms with E-state index in [4.69, 9.17) is 81.7 Å². The monoisotopic (exact) mass is 2110 g/mol. The molecule has 0 saturated carbocycles. The van der Waals surface area contributed by atoms with E-state index in [0.717, 1.165) is 77.6 Å². The summed E-state index contributed by atoms with van der Waals surface area (Å²) in [6.45, 7) is 28.1. The van der Waals surface area contributed by atoms with Crippen LogP contribution in [0.2, 0.25) is 0 Å². The molecule has 8 aromatic rings. The number of carbonyl (C=O) groups excluding carboxylic acids is 7. The molecule has 580 valence electrons. The van der Waals surface area contributed by atoms with Gasteiger partial charge < -0.3 is 67.6 Å². The number of aromatic hydroxyl groups is 1. The number of fused-ring (bicyclic) bond motifs is 5. The van der Waals surface area contributed by atoms with Crippen molar-refractivity contribution < 1.29 is 295 Å². The zero-order valence-corrected chi connectivity index (χ0v) is 80.5. The summed E-state index contributed by atoms with van der Waals surface area (Å²) in [5.41, 5.74) is 9.69. The summed E-state index contributed by atoms with van der Waals surface area (Å²) in [6, 6.07) is 36.3. The minimum absolute atomic E-state index is 0. The number of nitrogens with one attached hydrogen (secondary N) is 3. The van der Waals surface area contributed by atoms with Gasteiger partial charge >= 0.3 is 194 Å². The van der Waals surface area contributed by atoms with Gasteiger partial charge in [0.15, 0.2) is 0 Å². The molecule has 33 nitrogen and oxygen atoms in total. The first kappa shape index (κ1) is 108. The number of halogens is 4. The molecule has 13 rings (SSSR count). The molecule has 0 saturated heterocycles. The number of nitrogens with zero attached hydrogens (tertiary/aromatic N) is 8. The molecular weight excluding hydrogens is 2050 g/mol. The second kappa shape index (κ2) is 56.7. The molecule has 3 aromatic heterocycles. The number of ether oxygens (including phenoxy) is 4. The number of carbonyl (C=O) groups is 7. The van der Waals surface area contributed by atoms with Gasteiger partial charge in [-0.25, -0.2) is 29.5 Å². The summed E-state index contributed by atoms with van der Waals surface area (Å²) in [5, 5.41) is 25.9. The van der Waals surface area contributed by atoms with E-state index in [9.17, 15) is 28.8 Å². The van der Waals surface area contributed by atoms with E-state index in [1.165, 1.54) is 29.6 Å². The summed E-state index contributed by atoms with van der Waals surface area (Å²) >= 11 is -2.68. The Morgan fingerprint density at radius 3 is 1.12 bits per heavy atom. The molecule has 0 unspecified atom stereocenters. The number of rotatable bonds is 12. The Morgan fingerprint density at radius 1 is 0.544 bits per heavy atom. The predicted molar refractivity (Wildman–Crippen MR) is 387 cm³/mol. The Morgan fingerprint density at radius 2 is 0.833 bits per heavy atom. The van der Waals surface area contributed by atoms with Gasteiger partial charge in [-0.15, -0.1) is 53.8 Å². The van der Waals surface area contributed by atoms with Gasteiger partial charge in [0.2, 0.25) is 34.7 Å².